The molecular formula is C21H25N5O. The Hall–Kier alpha value is -2.76. The fourth-order valence-corrected chi connectivity index (χ4v) is 3.60. The average molecular weight is 363 g/mol. The standard InChI is InChI=1S/C21H25N5O/c1-5-6-11-25-19-17(21(27)26(12-13(2)3)14(4)22-19)18-20(25)24-16-10-8-7-9-15(16)23-18/h7-10,13H,5-6,11-12H2,1-4H3. The molecule has 27 heavy (non-hydrogen) atoms. The minimum absolute atomic E-state index is 0.0176. The van der Waals surface area contributed by atoms with Gasteiger partial charge in [0.25, 0.3) is 5.56 Å². The van der Waals surface area contributed by atoms with E-state index >= 15 is 0 Å². The van der Waals surface area contributed by atoms with Gasteiger partial charge in [-0.15, -0.1) is 0 Å². The van der Waals surface area contributed by atoms with Crippen LogP contribution in [0.4, 0.5) is 0 Å². The van der Waals surface area contributed by atoms with Crippen LogP contribution in [0, 0.1) is 12.8 Å². The van der Waals surface area contributed by atoms with E-state index in [0.717, 1.165) is 41.9 Å². The minimum atomic E-state index is -0.0176. The van der Waals surface area contributed by atoms with Gasteiger partial charge in [-0.3, -0.25) is 9.36 Å². The maximum absolute atomic E-state index is 13.4. The van der Waals surface area contributed by atoms with Crippen LogP contribution in [0.1, 0.15) is 39.4 Å². The first kappa shape index (κ1) is 17.6. The van der Waals surface area contributed by atoms with Crippen molar-refractivity contribution in [1.29, 1.82) is 0 Å². The van der Waals surface area contributed by atoms with Crippen molar-refractivity contribution >= 4 is 33.2 Å². The van der Waals surface area contributed by atoms with Crippen molar-refractivity contribution in [2.45, 2.75) is 53.6 Å². The third-order valence-corrected chi connectivity index (χ3v) is 4.92. The highest BCUT2D eigenvalue weighted by Gasteiger charge is 2.21. The fourth-order valence-electron chi connectivity index (χ4n) is 3.60. The third kappa shape index (κ3) is 2.89. The Morgan fingerprint density at radius 2 is 1.70 bits per heavy atom. The lowest BCUT2D eigenvalue weighted by Crippen LogP contribution is -2.26. The van der Waals surface area contributed by atoms with Gasteiger partial charge < -0.3 is 4.57 Å². The maximum atomic E-state index is 13.4. The van der Waals surface area contributed by atoms with Crippen LogP contribution in [0.15, 0.2) is 29.1 Å². The monoisotopic (exact) mass is 363 g/mol. The van der Waals surface area contributed by atoms with Gasteiger partial charge in [0.05, 0.1) is 11.0 Å². The van der Waals surface area contributed by atoms with Gasteiger partial charge in [-0.2, -0.15) is 0 Å². The molecule has 3 aromatic heterocycles. The van der Waals surface area contributed by atoms with Crippen LogP contribution in [-0.2, 0) is 13.1 Å². The summed E-state index contributed by atoms with van der Waals surface area (Å²) in [5.74, 6) is 1.10. The van der Waals surface area contributed by atoms with E-state index in [1.807, 2.05) is 31.2 Å². The lowest BCUT2D eigenvalue weighted by Gasteiger charge is -2.12. The van der Waals surface area contributed by atoms with E-state index in [2.05, 4.69) is 25.3 Å². The molecule has 0 aliphatic carbocycles. The molecule has 0 fully saturated rings. The molecule has 0 radical (unpaired) electrons. The predicted octanol–water partition coefficient (Wildman–Crippen LogP) is 4.06. The number of aromatic nitrogens is 5. The van der Waals surface area contributed by atoms with Gasteiger partial charge in [0, 0.05) is 13.1 Å². The molecule has 0 aliphatic heterocycles. The van der Waals surface area contributed by atoms with Gasteiger partial charge in [0.2, 0.25) is 0 Å². The highest BCUT2D eigenvalue weighted by Crippen LogP contribution is 2.26. The molecule has 1 aromatic carbocycles. The second-order valence-corrected chi connectivity index (χ2v) is 7.56. The van der Waals surface area contributed by atoms with Crippen molar-refractivity contribution in [1.82, 2.24) is 24.1 Å². The van der Waals surface area contributed by atoms with Gasteiger partial charge in [0.1, 0.15) is 16.7 Å². The number of aryl methyl sites for hydroxylation is 2. The molecule has 6 heteroatoms. The van der Waals surface area contributed by atoms with Crippen LogP contribution in [-0.4, -0.2) is 24.1 Å². The zero-order chi connectivity index (χ0) is 19.1. The first-order chi connectivity index (χ1) is 13.0. The third-order valence-electron chi connectivity index (χ3n) is 4.92. The number of hydrogen-bond donors (Lipinski definition) is 0. The second-order valence-electron chi connectivity index (χ2n) is 7.56. The normalized spacial score (nSPS) is 12.0. The molecule has 0 bridgehead atoms. The fraction of sp³-hybridized carbons (Fsp3) is 0.429. The zero-order valence-corrected chi connectivity index (χ0v) is 16.4. The van der Waals surface area contributed by atoms with E-state index < -0.39 is 0 Å². The number of para-hydroxylation sites is 2. The van der Waals surface area contributed by atoms with Crippen molar-refractivity contribution in [3.63, 3.8) is 0 Å². The van der Waals surface area contributed by atoms with Crippen molar-refractivity contribution in [3.8, 4) is 0 Å². The molecule has 4 aromatic rings. The van der Waals surface area contributed by atoms with Crippen LogP contribution in [0.25, 0.3) is 33.2 Å². The molecule has 0 saturated carbocycles. The molecule has 0 N–H and O–H groups in total. The Bertz CT molecular complexity index is 1200. The van der Waals surface area contributed by atoms with Gasteiger partial charge in [0.15, 0.2) is 11.3 Å². The first-order valence-corrected chi connectivity index (χ1v) is 9.67. The summed E-state index contributed by atoms with van der Waals surface area (Å²) >= 11 is 0. The largest absolute Gasteiger partial charge is 0.308 e. The lowest BCUT2D eigenvalue weighted by molar-refractivity contribution is 0.497. The topological polar surface area (TPSA) is 65.6 Å². The molecule has 4 rings (SSSR count). The highest BCUT2D eigenvalue weighted by molar-refractivity contribution is 6.04. The summed E-state index contributed by atoms with van der Waals surface area (Å²) in [5.41, 5.74) is 3.74. The number of nitrogens with zero attached hydrogens (tertiary/aromatic N) is 5. The van der Waals surface area contributed by atoms with Crippen LogP contribution < -0.4 is 5.56 Å². The Labute approximate surface area is 157 Å². The zero-order valence-electron chi connectivity index (χ0n) is 16.4. The first-order valence-electron chi connectivity index (χ1n) is 9.67. The van der Waals surface area contributed by atoms with E-state index in [1.165, 1.54) is 0 Å². The molecule has 0 aliphatic rings. The van der Waals surface area contributed by atoms with Gasteiger partial charge >= 0.3 is 0 Å². The summed E-state index contributed by atoms with van der Waals surface area (Å²) in [6.45, 7) is 9.70. The molecule has 140 valence electrons. The SMILES string of the molecule is CCCCn1c2nc3ccccc3nc2c2c(=O)n(CC(C)C)c(C)nc21. The molecule has 0 unspecified atom stereocenters. The summed E-state index contributed by atoms with van der Waals surface area (Å²) in [6, 6.07) is 7.79. The number of unbranched alkanes of at least 4 members (excludes halogenated alkanes) is 1. The number of hydrogen-bond acceptors (Lipinski definition) is 4. The van der Waals surface area contributed by atoms with Crippen LogP contribution >= 0.6 is 0 Å². The summed E-state index contributed by atoms with van der Waals surface area (Å²) < 4.78 is 3.84. The summed E-state index contributed by atoms with van der Waals surface area (Å²) in [4.78, 5) is 27.8. The molecular weight excluding hydrogens is 338 g/mol. The Morgan fingerprint density at radius 3 is 2.37 bits per heavy atom. The van der Waals surface area contributed by atoms with E-state index in [1.54, 1.807) is 4.57 Å². The molecule has 3 heterocycles. The molecule has 0 saturated heterocycles. The Balaban J connectivity index is 2.14. The van der Waals surface area contributed by atoms with Crippen molar-refractivity contribution in [2.75, 3.05) is 0 Å². The Kier molecular flexibility index (Phi) is 4.42. The van der Waals surface area contributed by atoms with Crippen molar-refractivity contribution in [3.05, 3.63) is 40.4 Å². The van der Waals surface area contributed by atoms with E-state index in [9.17, 15) is 4.79 Å². The minimum Gasteiger partial charge on any atom is -0.308 e. The van der Waals surface area contributed by atoms with Gasteiger partial charge in [-0.05, 0) is 31.4 Å². The number of benzene rings is 1. The van der Waals surface area contributed by atoms with Crippen molar-refractivity contribution < 1.29 is 0 Å². The second kappa shape index (κ2) is 6.76. The number of rotatable bonds is 5. The van der Waals surface area contributed by atoms with Crippen LogP contribution in [0.2, 0.25) is 0 Å². The molecule has 6 nitrogen and oxygen atoms in total. The molecule has 0 spiro atoms. The molecule has 0 atom stereocenters. The smallest absolute Gasteiger partial charge is 0.265 e. The van der Waals surface area contributed by atoms with Crippen LogP contribution in [0.5, 0.6) is 0 Å². The maximum Gasteiger partial charge on any atom is 0.265 e. The van der Waals surface area contributed by atoms with E-state index in [0.29, 0.717) is 29.0 Å². The van der Waals surface area contributed by atoms with E-state index in [4.69, 9.17) is 15.0 Å². The van der Waals surface area contributed by atoms with E-state index in [-0.39, 0.29) is 5.56 Å². The van der Waals surface area contributed by atoms with Gasteiger partial charge in [-0.1, -0.05) is 39.3 Å². The lowest BCUT2D eigenvalue weighted by atomic mass is 10.2. The summed E-state index contributed by atoms with van der Waals surface area (Å²) in [6.07, 6.45) is 2.06. The number of fused-ring (bicyclic) bond motifs is 4. The van der Waals surface area contributed by atoms with Crippen LogP contribution in [0.3, 0.4) is 0 Å². The molecule has 0 amide bonds. The summed E-state index contributed by atoms with van der Waals surface area (Å²) in [7, 11) is 0. The average Bonchev–Trinajstić information content (AvgIpc) is 2.93. The van der Waals surface area contributed by atoms with Gasteiger partial charge in [-0.25, -0.2) is 15.0 Å². The van der Waals surface area contributed by atoms with Crippen molar-refractivity contribution in [2.24, 2.45) is 5.92 Å². The summed E-state index contributed by atoms with van der Waals surface area (Å²) in [5, 5.41) is 0.589. The highest BCUT2D eigenvalue weighted by atomic mass is 16.1. The quantitative estimate of drug-likeness (QED) is 0.536. The Morgan fingerprint density at radius 1 is 1.00 bits per heavy atom. The predicted molar refractivity (Wildman–Crippen MR) is 109 cm³/mol.